The number of carbonyl (C=O) groups is 2. The molecule has 2 amide bonds. The van der Waals surface area contributed by atoms with Gasteiger partial charge in [-0.05, 0) is 49.4 Å². The van der Waals surface area contributed by atoms with Crippen LogP contribution in [0.4, 0.5) is 0 Å². The number of amides is 2. The van der Waals surface area contributed by atoms with Crippen LogP contribution >= 0.6 is 0 Å². The molecule has 0 aliphatic rings. The van der Waals surface area contributed by atoms with Gasteiger partial charge in [-0.3, -0.25) is 9.59 Å². The van der Waals surface area contributed by atoms with E-state index in [2.05, 4.69) is 24.4 Å². The fourth-order valence-electron chi connectivity index (χ4n) is 3.28. The van der Waals surface area contributed by atoms with Crippen molar-refractivity contribution < 1.29 is 9.59 Å². The molecule has 2 aromatic carbocycles. The number of nitrogens with zero attached hydrogens (tertiary/aromatic N) is 1. The second kappa shape index (κ2) is 9.36. The predicted octanol–water partition coefficient (Wildman–Crippen LogP) is 3.71. The first kappa shape index (κ1) is 20.7. The highest BCUT2D eigenvalue weighted by molar-refractivity contribution is 5.88. The van der Waals surface area contributed by atoms with Crippen LogP contribution in [0.2, 0.25) is 0 Å². The zero-order chi connectivity index (χ0) is 20.0. The Morgan fingerprint density at radius 2 is 1.74 bits per heavy atom. The molecule has 0 aliphatic carbocycles. The monoisotopic (exact) mass is 366 g/mol. The first-order valence-corrected chi connectivity index (χ1v) is 9.48. The maximum atomic E-state index is 13.2. The first-order chi connectivity index (χ1) is 12.8. The fourth-order valence-corrected chi connectivity index (χ4v) is 3.28. The SMILES string of the molecule is CC[C@H](C(=O)NC)N(Cc1cccc(C)c1)C(=O)Cc1ccc(C)c(C)c1. The van der Waals surface area contributed by atoms with E-state index in [4.69, 9.17) is 0 Å². The molecule has 1 atom stereocenters. The number of hydrogen-bond donors (Lipinski definition) is 1. The van der Waals surface area contributed by atoms with Gasteiger partial charge >= 0.3 is 0 Å². The highest BCUT2D eigenvalue weighted by Crippen LogP contribution is 2.17. The Balaban J connectivity index is 2.30. The van der Waals surface area contributed by atoms with Crippen molar-refractivity contribution in [2.24, 2.45) is 0 Å². The summed E-state index contributed by atoms with van der Waals surface area (Å²) in [6.07, 6.45) is 0.866. The summed E-state index contributed by atoms with van der Waals surface area (Å²) < 4.78 is 0. The molecule has 0 aliphatic heterocycles. The summed E-state index contributed by atoms with van der Waals surface area (Å²) >= 11 is 0. The van der Waals surface area contributed by atoms with Gasteiger partial charge in [-0.15, -0.1) is 0 Å². The number of rotatable bonds is 7. The average molecular weight is 367 g/mol. The van der Waals surface area contributed by atoms with E-state index in [0.717, 1.165) is 16.7 Å². The van der Waals surface area contributed by atoms with Crippen LogP contribution in [0.1, 0.15) is 41.2 Å². The van der Waals surface area contributed by atoms with E-state index < -0.39 is 6.04 Å². The zero-order valence-corrected chi connectivity index (χ0v) is 17.0. The quantitative estimate of drug-likeness (QED) is 0.812. The summed E-state index contributed by atoms with van der Waals surface area (Å²) in [5.74, 6) is -0.159. The van der Waals surface area contributed by atoms with Crippen LogP contribution in [-0.2, 0) is 22.6 Å². The van der Waals surface area contributed by atoms with Crippen LogP contribution in [-0.4, -0.2) is 29.8 Å². The smallest absolute Gasteiger partial charge is 0.242 e. The highest BCUT2D eigenvalue weighted by atomic mass is 16.2. The summed E-state index contributed by atoms with van der Waals surface area (Å²) in [5, 5.41) is 2.70. The van der Waals surface area contributed by atoms with E-state index in [0.29, 0.717) is 19.4 Å². The normalized spacial score (nSPS) is 11.7. The predicted molar refractivity (Wildman–Crippen MR) is 109 cm³/mol. The molecule has 2 aromatic rings. The number of hydrogen-bond acceptors (Lipinski definition) is 2. The Bertz CT molecular complexity index is 814. The van der Waals surface area contributed by atoms with E-state index in [1.807, 2.05) is 51.1 Å². The third-order valence-corrected chi connectivity index (χ3v) is 4.99. The Morgan fingerprint density at radius 3 is 2.33 bits per heavy atom. The molecule has 1 N–H and O–H groups in total. The molecule has 4 nitrogen and oxygen atoms in total. The van der Waals surface area contributed by atoms with Crippen molar-refractivity contribution in [2.75, 3.05) is 7.05 Å². The third-order valence-electron chi connectivity index (χ3n) is 4.99. The molecule has 4 heteroatoms. The van der Waals surface area contributed by atoms with E-state index in [-0.39, 0.29) is 11.8 Å². The van der Waals surface area contributed by atoms with Crippen molar-refractivity contribution in [3.63, 3.8) is 0 Å². The highest BCUT2D eigenvalue weighted by Gasteiger charge is 2.28. The molecule has 0 radical (unpaired) electrons. The Hall–Kier alpha value is -2.62. The largest absolute Gasteiger partial charge is 0.357 e. The van der Waals surface area contributed by atoms with Crippen molar-refractivity contribution >= 4 is 11.8 Å². The molecule has 0 fully saturated rings. The molecule has 27 heavy (non-hydrogen) atoms. The number of benzene rings is 2. The summed E-state index contributed by atoms with van der Waals surface area (Å²) in [6.45, 7) is 8.50. The van der Waals surface area contributed by atoms with Crippen molar-refractivity contribution in [3.05, 3.63) is 70.3 Å². The van der Waals surface area contributed by atoms with Gasteiger partial charge < -0.3 is 10.2 Å². The first-order valence-electron chi connectivity index (χ1n) is 9.48. The minimum Gasteiger partial charge on any atom is -0.357 e. The fraction of sp³-hybridized carbons (Fsp3) is 0.391. The van der Waals surface area contributed by atoms with Crippen LogP contribution in [0, 0.1) is 20.8 Å². The van der Waals surface area contributed by atoms with Crippen molar-refractivity contribution in [2.45, 2.75) is 53.1 Å². The summed E-state index contributed by atoms with van der Waals surface area (Å²) in [7, 11) is 1.61. The lowest BCUT2D eigenvalue weighted by Gasteiger charge is -2.30. The van der Waals surface area contributed by atoms with Gasteiger partial charge in [0.1, 0.15) is 6.04 Å². The van der Waals surface area contributed by atoms with Gasteiger partial charge in [-0.2, -0.15) is 0 Å². The van der Waals surface area contributed by atoms with Gasteiger partial charge in [-0.25, -0.2) is 0 Å². The van der Waals surface area contributed by atoms with Gasteiger partial charge in [0.2, 0.25) is 11.8 Å². The second-order valence-electron chi connectivity index (χ2n) is 7.14. The van der Waals surface area contributed by atoms with Gasteiger partial charge in [0.05, 0.1) is 6.42 Å². The summed E-state index contributed by atoms with van der Waals surface area (Å²) in [5.41, 5.74) is 5.53. The third kappa shape index (κ3) is 5.43. The van der Waals surface area contributed by atoms with Crippen LogP contribution in [0.15, 0.2) is 42.5 Å². The molecule has 0 heterocycles. The minimum atomic E-state index is -0.477. The molecule has 0 bridgehead atoms. The lowest BCUT2D eigenvalue weighted by molar-refractivity contribution is -0.140. The van der Waals surface area contributed by atoms with Gasteiger partial charge in [0.15, 0.2) is 0 Å². The maximum absolute atomic E-state index is 13.2. The topological polar surface area (TPSA) is 49.4 Å². The van der Waals surface area contributed by atoms with Crippen molar-refractivity contribution in [1.29, 1.82) is 0 Å². The Kier molecular flexibility index (Phi) is 7.17. The summed E-state index contributed by atoms with van der Waals surface area (Å²) in [6, 6.07) is 13.7. The number of aryl methyl sites for hydroxylation is 3. The van der Waals surface area contributed by atoms with E-state index in [1.165, 1.54) is 11.1 Å². The molecule has 2 rings (SSSR count). The minimum absolute atomic E-state index is 0.0322. The zero-order valence-electron chi connectivity index (χ0n) is 17.0. The van der Waals surface area contributed by atoms with Crippen molar-refractivity contribution in [1.82, 2.24) is 10.2 Å². The van der Waals surface area contributed by atoms with E-state index >= 15 is 0 Å². The number of nitrogens with one attached hydrogen (secondary N) is 1. The van der Waals surface area contributed by atoms with Crippen LogP contribution < -0.4 is 5.32 Å². The second-order valence-corrected chi connectivity index (χ2v) is 7.14. The number of carbonyl (C=O) groups excluding carboxylic acids is 2. The lowest BCUT2D eigenvalue weighted by atomic mass is 10.0. The van der Waals surface area contributed by atoms with Gasteiger partial charge in [0.25, 0.3) is 0 Å². The van der Waals surface area contributed by atoms with Gasteiger partial charge in [-0.1, -0.05) is 55.0 Å². The van der Waals surface area contributed by atoms with Crippen LogP contribution in [0.25, 0.3) is 0 Å². The van der Waals surface area contributed by atoms with E-state index in [1.54, 1.807) is 11.9 Å². The Labute approximate surface area is 162 Å². The number of likely N-dealkylation sites (N-methyl/N-ethyl adjacent to an activating group) is 1. The molecule has 0 unspecified atom stereocenters. The molecular weight excluding hydrogens is 336 g/mol. The molecule has 144 valence electrons. The van der Waals surface area contributed by atoms with Crippen LogP contribution in [0.3, 0.4) is 0 Å². The maximum Gasteiger partial charge on any atom is 0.242 e. The van der Waals surface area contributed by atoms with Crippen LogP contribution in [0.5, 0.6) is 0 Å². The van der Waals surface area contributed by atoms with E-state index in [9.17, 15) is 9.59 Å². The molecular formula is C23H30N2O2. The lowest BCUT2D eigenvalue weighted by Crippen LogP contribution is -2.48. The molecule has 0 saturated heterocycles. The Morgan fingerprint density at radius 1 is 1.00 bits per heavy atom. The molecule has 0 aromatic heterocycles. The standard InChI is InChI=1S/C23H30N2O2/c1-6-21(23(27)24-5)25(15-20-9-7-8-16(2)12-20)22(26)14-19-11-10-17(3)18(4)13-19/h7-13,21H,6,14-15H2,1-5H3,(H,24,27)/t21-/m1/s1. The average Bonchev–Trinajstić information content (AvgIpc) is 2.64. The van der Waals surface area contributed by atoms with Gasteiger partial charge in [0, 0.05) is 13.6 Å². The van der Waals surface area contributed by atoms with Crippen molar-refractivity contribution in [3.8, 4) is 0 Å². The summed E-state index contributed by atoms with van der Waals surface area (Å²) in [4.78, 5) is 27.3. The molecule has 0 saturated carbocycles. The molecule has 0 spiro atoms.